The van der Waals surface area contributed by atoms with Crippen LogP contribution in [0, 0.1) is 0 Å². The van der Waals surface area contributed by atoms with Crippen LogP contribution in [-0.4, -0.2) is 41.2 Å². The molecule has 0 spiro atoms. The average molecular weight is 300 g/mol. The van der Waals surface area contributed by atoms with Crippen LogP contribution in [0.25, 0.3) is 0 Å². The monoisotopic (exact) mass is 300 g/mol. The average Bonchev–Trinajstić information content (AvgIpc) is 2.81. The number of carboxylic acids is 1. The Balaban J connectivity index is 2.10. The van der Waals surface area contributed by atoms with Crippen LogP contribution in [0.15, 0.2) is 24.3 Å². The van der Waals surface area contributed by atoms with E-state index in [0.29, 0.717) is 13.0 Å². The van der Waals surface area contributed by atoms with E-state index in [1.54, 1.807) is 12.1 Å². The molecule has 0 amide bonds. The van der Waals surface area contributed by atoms with E-state index in [4.69, 9.17) is 10.8 Å². The molecule has 2 unspecified atom stereocenters. The minimum Gasteiger partial charge on any atom is -0.480 e. The molecule has 116 valence electrons. The van der Waals surface area contributed by atoms with Crippen molar-refractivity contribution in [2.24, 2.45) is 5.73 Å². The topological polar surface area (TPSA) is 75.8 Å². The highest BCUT2D eigenvalue weighted by molar-refractivity contribution is 5.79. The van der Waals surface area contributed by atoms with Gasteiger partial charge in [-0.3, -0.25) is 9.69 Å². The number of likely N-dealkylation sites (tertiary alicyclic amines) is 1. The highest BCUT2D eigenvalue weighted by Crippen LogP contribution is 2.30. The van der Waals surface area contributed by atoms with Gasteiger partial charge in [-0.05, 0) is 31.0 Å². The van der Waals surface area contributed by atoms with Gasteiger partial charge in [0.05, 0.1) is 0 Å². The smallest absolute Gasteiger partial charge is 0.387 e. The van der Waals surface area contributed by atoms with Crippen molar-refractivity contribution in [1.29, 1.82) is 0 Å². The van der Waals surface area contributed by atoms with Gasteiger partial charge in [-0.2, -0.15) is 8.78 Å². The van der Waals surface area contributed by atoms with Crippen LogP contribution in [-0.2, 0) is 4.79 Å². The second kappa shape index (κ2) is 5.95. The molecular formula is C14H18F2N2O3. The first-order valence-corrected chi connectivity index (χ1v) is 6.63. The van der Waals surface area contributed by atoms with Crippen LogP contribution in [0.5, 0.6) is 5.75 Å². The zero-order valence-corrected chi connectivity index (χ0v) is 11.6. The fraction of sp³-hybridized carbons (Fsp3) is 0.500. The largest absolute Gasteiger partial charge is 0.480 e. The van der Waals surface area contributed by atoms with Gasteiger partial charge in [0.25, 0.3) is 0 Å². The zero-order valence-electron chi connectivity index (χ0n) is 11.6. The van der Waals surface area contributed by atoms with Crippen molar-refractivity contribution in [3.63, 3.8) is 0 Å². The first-order valence-electron chi connectivity index (χ1n) is 6.63. The molecule has 1 aromatic carbocycles. The van der Waals surface area contributed by atoms with Gasteiger partial charge in [-0.25, -0.2) is 0 Å². The molecular weight excluding hydrogens is 282 g/mol. The van der Waals surface area contributed by atoms with E-state index in [0.717, 1.165) is 5.56 Å². The third-order valence-electron chi connectivity index (χ3n) is 3.87. The zero-order chi connectivity index (χ0) is 15.6. The Bertz CT molecular complexity index is 527. The highest BCUT2D eigenvalue weighted by atomic mass is 19.3. The quantitative estimate of drug-likeness (QED) is 0.867. The first kappa shape index (κ1) is 15.7. The van der Waals surface area contributed by atoms with Crippen LogP contribution in [0.3, 0.4) is 0 Å². The number of ether oxygens (including phenoxy) is 1. The van der Waals surface area contributed by atoms with E-state index in [-0.39, 0.29) is 18.3 Å². The Morgan fingerprint density at radius 1 is 1.52 bits per heavy atom. The lowest BCUT2D eigenvalue weighted by atomic mass is 10.0. The number of hydrogen-bond donors (Lipinski definition) is 2. The van der Waals surface area contributed by atoms with Crippen LogP contribution in [0.4, 0.5) is 8.78 Å². The molecule has 1 saturated heterocycles. The number of benzene rings is 1. The predicted molar refractivity (Wildman–Crippen MR) is 72.2 cm³/mol. The lowest BCUT2D eigenvalue weighted by Crippen LogP contribution is -2.50. The van der Waals surface area contributed by atoms with Gasteiger partial charge < -0.3 is 15.6 Å². The van der Waals surface area contributed by atoms with E-state index in [1.807, 2.05) is 11.8 Å². The molecule has 0 saturated carbocycles. The fourth-order valence-corrected chi connectivity index (χ4v) is 2.53. The second-order valence-corrected chi connectivity index (χ2v) is 5.31. The number of carboxylic acid groups (broad SMARTS) is 1. The van der Waals surface area contributed by atoms with Crippen molar-refractivity contribution in [3.05, 3.63) is 29.8 Å². The van der Waals surface area contributed by atoms with Crippen molar-refractivity contribution < 1.29 is 23.4 Å². The van der Waals surface area contributed by atoms with Crippen LogP contribution < -0.4 is 10.5 Å². The molecule has 3 N–H and O–H groups in total. The Labute approximate surface area is 121 Å². The van der Waals surface area contributed by atoms with Gasteiger partial charge in [0.15, 0.2) is 0 Å². The Hall–Kier alpha value is -1.73. The molecule has 1 fully saturated rings. The number of nitrogens with two attached hydrogens (primary N) is 1. The first-order chi connectivity index (χ1) is 9.82. The molecule has 1 aliphatic heterocycles. The molecule has 1 heterocycles. The Morgan fingerprint density at radius 3 is 2.81 bits per heavy atom. The van der Waals surface area contributed by atoms with Gasteiger partial charge in [-0.15, -0.1) is 0 Å². The summed E-state index contributed by atoms with van der Waals surface area (Å²) in [5.41, 5.74) is 5.37. The molecule has 7 heteroatoms. The molecule has 0 radical (unpaired) electrons. The number of rotatable bonds is 5. The number of hydrogen-bond acceptors (Lipinski definition) is 4. The highest BCUT2D eigenvalue weighted by Gasteiger charge is 2.42. The minimum absolute atomic E-state index is 0.0887. The van der Waals surface area contributed by atoms with Gasteiger partial charge >= 0.3 is 12.6 Å². The maximum atomic E-state index is 12.2. The van der Waals surface area contributed by atoms with Crippen molar-refractivity contribution in [2.75, 3.05) is 13.1 Å². The number of carbonyl (C=O) groups is 1. The standard InChI is InChI=1S/C14H18F2N2O3/c1-9(18-6-5-14(17,8-18)12(19)20)10-3-2-4-11(7-10)21-13(15)16/h2-4,7,9,13H,5-6,8,17H2,1H3,(H,19,20). The Kier molecular flexibility index (Phi) is 4.43. The number of alkyl halides is 2. The SMILES string of the molecule is CC(c1cccc(OC(F)F)c1)N1CCC(N)(C(=O)O)C1. The number of nitrogens with zero attached hydrogens (tertiary/aromatic N) is 1. The molecule has 21 heavy (non-hydrogen) atoms. The molecule has 2 rings (SSSR count). The summed E-state index contributed by atoms with van der Waals surface area (Å²) >= 11 is 0. The lowest BCUT2D eigenvalue weighted by molar-refractivity contribution is -0.142. The van der Waals surface area contributed by atoms with E-state index in [9.17, 15) is 13.6 Å². The third kappa shape index (κ3) is 3.48. The molecule has 1 aliphatic rings. The summed E-state index contributed by atoms with van der Waals surface area (Å²) in [6, 6.07) is 6.29. The van der Waals surface area contributed by atoms with E-state index < -0.39 is 18.1 Å². The van der Waals surface area contributed by atoms with Crippen LogP contribution in [0.2, 0.25) is 0 Å². The van der Waals surface area contributed by atoms with Crippen LogP contribution >= 0.6 is 0 Å². The fourth-order valence-electron chi connectivity index (χ4n) is 2.53. The molecule has 1 aromatic rings. The van der Waals surface area contributed by atoms with Gasteiger partial charge in [-0.1, -0.05) is 12.1 Å². The van der Waals surface area contributed by atoms with Crippen LogP contribution in [0.1, 0.15) is 24.9 Å². The van der Waals surface area contributed by atoms with E-state index in [2.05, 4.69) is 4.74 Å². The third-order valence-corrected chi connectivity index (χ3v) is 3.87. The molecule has 5 nitrogen and oxygen atoms in total. The Morgan fingerprint density at radius 2 is 2.24 bits per heavy atom. The van der Waals surface area contributed by atoms with E-state index >= 15 is 0 Å². The summed E-state index contributed by atoms with van der Waals surface area (Å²) in [6.07, 6.45) is 0.361. The molecule has 2 atom stereocenters. The van der Waals surface area contributed by atoms with Gasteiger partial charge in [0.2, 0.25) is 0 Å². The predicted octanol–water partition coefficient (Wildman–Crippen LogP) is 1.84. The number of halogens is 2. The molecule has 0 aliphatic carbocycles. The van der Waals surface area contributed by atoms with Gasteiger partial charge in [0, 0.05) is 19.1 Å². The van der Waals surface area contributed by atoms with Gasteiger partial charge in [0.1, 0.15) is 11.3 Å². The summed E-state index contributed by atoms with van der Waals surface area (Å²) in [6.45, 7) is -0.214. The second-order valence-electron chi connectivity index (χ2n) is 5.31. The molecule has 0 aromatic heterocycles. The summed E-state index contributed by atoms with van der Waals surface area (Å²) < 4.78 is 28.8. The minimum atomic E-state index is -2.87. The normalized spacial score (nSPS) is 24.2. The van der Waals surface area contributed by atoms with Crippen molar-refractivity contribution in [3.8, 4) is 5.75 Å². The van der Waals surface area contributed by atoms with Crippen molar-refractivity contribution in [2.45, 2.75) is 31.5 Å². The lowest BCUT2D eigenvalue weighted by Gasteiger charge is -2.26. The number of aliphatic carboxylic acids is 1. The summed E-state index contributed by atoms with van der Waals surface area (Å²) in [5.74, 6) is -0.933. The maximum absolute atomic E-state index is 12.2. The molecule has 0 bridgehead atoms. The maximum Gasteiger partial charge on any atom is 0.387 e. The summed E-state index contributed by atoms with van der Waals surface area (Å²) in [5, 5.41) is 9.13. The van der Waals surface area contributed by atoms with E-state index in [1.165, 1.54) is 12.1 Å². The van der Waals surface area contributed by atoms with Crippen molar-refractivity contribution in [1.82, 2.24) is 4.90 Å². The summed E-state index contributed by atoms with van der Waals surface area (Å²) in [7, 11) is 0. The summed E-state index contributed by atoms with van der Waals surface area (Å²) in [4.78, 5) is 13.1. The van der Waals surface area contributed by atoms with Crippen molar-refractivity contribution >= 4 is 5.97 Å².